The number of hydrogen-bond donors (Lipinski definition) is 0. The number of halogens is 2. The van der Waals surface area contributed by atoms with Crippen LogP contribution in [0.4, 0.5) is 0 Å². The molecule has 0 saturated carbocycles. The molecule has 0 spiro atoms. The van der Waals surface area contributed by atoms with Crippen molar-refractivity contribution in [2.45, 2.75) is 68.3 Å². The van der Waals surface area contributed by atoms with Gasteiger partial charge >= 0.3 is 0 Å². The first-order valence-corrected chi connectivity index (χ1v) is 10.9. The summed E-state index contributed by atoms with van der Waals surface area (Å²) >= 11 is 9.47. The largest absolute Gasteiger partial charge is 0.288 e. The second-order valence-electron chi connectivity index (χ2n) is 6.59. The average molecular weight is 461 g/mol. The SMILES string of the molecule is C#CC(I)[N+](CCCCC)(CCCCC)C(Cl)Cc1ccccc1. The zero-order valence-corrected chi connectivity index (χ0v) is 18.1. The van der Waals surface area contributed by atoms with Crippen LogP contribution in [0.2, 0.25) is 0 Å². The fourth-order valence-corrected chi connectivity index (χ4v) is 4.83. The van der Waals surface area contributed by atoms with Crippen molar-refractivity contribution >= 4 is 34.2 Å². The summed E-state index contributed by atoms with van der Waals surface area (Å²) in [5.74, 6) is 3.00. The molecule has 0 saturated heterocycles. The molecule has 0 radical (unpaired) electrons. The van der Waals surface area contributed by atoms with Crippen molar-refractivity contribution < 1.29 is 4.48 Å². The molecule has 0 aliphatic rings. The molecule has 0 aliphatic carbocycles. The summed E-state index contributed by atoms with van der Waals surface area (Å²) in [5, 5.41) is 0. The molecular formula is C21H32ClIN+. The van der Waals surface area contributed by atoms with Crippen LogP contribution in [0.5, 0.6) is 0 Å². The molecule has 1 aromatic carbocycles. The topological polar surface area (TPSA) is 0 Å². The Morgan fingerprint density at radius 3 is 2.04 bits per heavy atom. The lowest BCUT2D eigenvalue weighted by Crippen LogP contribution is -2.59. The van der Waals surface area contributed by atoms with Crippen LogP contribution in [0.1, 0.15) is 57.9 Å². The third kappa shape index (κ3) is 6.58. The van der Waals surface area contributed by atoms with E-state index in [1.54, 1.807) is 0 Å². The summed E-state index contributed by atoms with van der Waals surface area (Å²) in [6.07, 6.45) is 14.1. The highest BCUT2D eigenvalue weighted by Crippen LogP contribution is 2.31. The summed E-state index contributed by atoms with van der Waals surface area (Å²) in [7, 11) is 0. The van der Waals surface area contributed by atoms with Crippen LogP contribution < -0.4 is 0 Å². The molecule has 0 aliphatic heterocycles. The van der Waals surface area contributed by atoms with Gasteiger partial charge in [-0.15, -0.1) is 6.42 Å². The monoisotopic (exact) mass is 460 g/mol. The van der Waals surface area contributed by atoms with Crippen LogP contribution in [-0.4, -0.2) is 27.1 Å². The lowest BCUT2D eigenvalue weighted by atomic mass is 10.1. The molecule has 1 aromatic rings. The van der Waals surface area contributed by atoms with Gasteiger partial charge < -0.3 is 0 Å². The van der Waals surface area contributed by atoms with Crippen molar-refractivity contribution in [3.8, 4) is 12.3 Å². The van der Waals surface area contributed by atoms with E-state index in [2.05, 4.69) is 72.7 Å². The number of alkyl halides is 2. The number of rotatable bonds is 12. The molecule has 2 atom stereocenters. The highest BCUT2D eigenvalue weighted by atomic mass is 127. The quantitative estimate of drug-likeness (QED) is 0.0847. The summed E-state index contributed by atoms with van der Waals surface area (Å²) in [5.41, 5.74) is 1.32. The molecule has 0 bridgehead atoms. The minimum Gasteiger partial charge on any atom is -0.288 e. The molecule has 134 valence electrons. The van der Waals surface area contributed by atoms with E-state index >= 15 is 0 Å². The number of unbranched alkanes of at least 4 members (excludes halogenated alkanes) is 4. The molecule has 2 unspecified atom stereocenters. The Morgan fingerprint density at radius 2 is 1.58 bits per heavy atom. The van der Waals surface area contributed by atoms with Gasteiger partial charge in [-0.1, -0.05) is 68.6 Å². The van der Waals surface area contributed by atoms with Gasteiger partial charge in [0, 0.05) is 29.0 Å². The predicted octanol–water partition coefficient (Wildman–Crippen LogP) is 6.39. The summed E-state index contributed by atoms with van der Waals surface area (Å²) in [6.45, 7) is 6.65. The van der Waals surface area contributed by atoms with Gasteiger partial charge in [0.05, 0.1) is 13.1 Å². The zero-order chi connectivity index (χ0) is 17.8. The fraction of sp³-hybridized carbons (Fsp3) is 0.619. The molecule has 24 heavy (non-hydrogen) atoms. The maximum absolute atomic E-state index is 7.04. The van der Waals surface area contributed by atoms with Crippen molar-refractivity contribution in [3.05, 3.63) is 35.9 Å². The lowest BCUT2D eigenvalue weighted by molar-refractivity contribution is -0.938. The molecule has 3 heteroatoms. The Labute approximate surface area is 167 Å². The highest BCUT2D eigenvalue weighted by Gasteiger charge is 2.40. The summed E-state index contributed by atoms with van der Waals surface area (Å²) in [4.78, 5) is 0. The minimum atomic E-state index is 0.0269. The second kappa shape index (κ2) is 12.2. The Hall–Kier alpha value is -0.240. The minimum absolute atomic E-state index is 0.0269. The van der Waals surface area contributed by atoms with Crippen molar-refractivity contribution in [1.82, 2.24) is 0 Å². The highest BCUT2D eigenvalue weighted by molar-refractivity contribution is 14.1. The van der Waals surface area contributed by atoms with Gasteiger partial charge in [0.15, 0.2) is 5.50 Å². The van der Waals surface area contributed by atoms with Gasteiger partial charge in [-0.25, -0.2) is 0 Å². The first-order valence-electron chi connectivity index (χ1n) is 9.25. The molecule has 0 fully saturated rings. The van der Waals surface area contributed by atoms with Gasteiger partial charge in [0.1, 0.15) is 0 Å². The summed E-state index contributed by atoms with van der Waals surface area (Å²) in [6, 6.07) is 10.6. The van der Waals surface area contributed by atoms with E-state index in [-0.39, 0.29) is 9.55 Å². The van der Waals surface area contributed by atoms with E-state index < -0.39 is 0 Å². The first-order chi connectivity index (χ1) is 11.6. The Kier molecular flexibility index (Phi) is 11.1. The lowest BCUT2D eigenvalue weighted by Gasteiger charge is -2.44. The van der Waals surface area contributed by atoms with Crippen molar-refractivity contribution in [2.24, 2.45) is 0 Å². The van der Waals surface area contributed by atoms with E-state index in [1.807, 2.05) is 0 Å². The molecule has 1 rings (SSSR count). The van der Waals surface area contributed by atoms with E-state index in [1.165, 1.54) is 44.1 Å². The number of quaternary nitrogens is 1. The smallest absolute Gasteiger partial charge is 0.201 e. The molecule has 0 aromatic heterocycles. The fourth-order valence-electron chi connectivity index (χ4n) is 3.21. The van der Waals surface area contributed by atoms with Crippen molar-refractivity contribution in [2.75, 3.05) is 13.1 Å². The summed E-state index contributed by atoms with van der Waals surface area (Å²) < 4.78 is 0.968. The third-order valence-electron chi connectivity index (χ3n) is 4.75. The van der Waals surface area contributed by atoms with Gasteiger partial charge in [-0.2, -0.15) is 0 Å². The second-order valence-corrected chi connectivity index (χ2v) is 8.27. The van der Waals surface area contributed by atoms with Crippen molar-refractivity contribution in [1.29, 1.82) is 0 Å². The molecule has 0 N–H and O–H groups in total. The first kappa shape index (κ1) is 21.8. The predicted molar refractivity (Wildman–Crippen MR) is 115 cm³/mol. The van der Waals surface area contributed by atoms with Crippen LogP contribution in [0.25, 0.3) is 0 Å². The van der Waals surface area contributed by atoms with E-state index in [0.29, 0.717) is 0 Å². The van der Waals surface area contributed by atoms with Crippen LogP contribution in [0.15, 0.2) is 30.3 Å². The van der Waals surface area contributed by atoms with Gasteiger partial charge in [-0.3, -0.25) is 4.48 Å². The van der Waals surface area contributed by atoms with Crippen LogP contribution in [0, 0.1) is 12.3 Å². The van der Waals surface area contributed by atoms with Crippen LogP contribution in [0.3, 0.4) is 0 Å². The molecular weight excluding hydrogens is 429 g/mol. The van der Waals surface area contributed by atoms with Gasteiger partial charge in [-0.05, 0) is 37.2 Å². The molecule has 0 amide bonds. The molecule has 1 nitrogen and oxygen atoms in total. The number of terminal acetylenes is 1. The van der Waals surface area contributed by atoms with Crippen molar-refractivity contribution in [3.63, 3.8) is 0 Å². The zero-order valence-electron chi connectivity index (χ0n) is 15.2. The van der Waals surface area contributed by atoms with E-state index in [4.69, 9.17) is 18.0 Å². The number of hydrogen-bond acceptors (Lipinski definition) is 0. The van der Waals surface area contributed by atoms with E-state index in [0.717, 1.165) is 24.0 Å². The van der Waals surface area contributed by atoms with Crippen LogP contribution in [-0.2, 0) is 6.42 Å². The number of benzene rings is 1. The Bertz CT molecular complexity index is 472. The third-order valence-corrected chi connectivity index (χ3v) is 6.76. The maximum Gasteiger partial charge on any atom is 0.201 e. The van der Waals surface area contributed by atoms with E-state index in [9.17, 15) is 0 Å². The number of nitrogens with zero attached hydrogens (tertiary/aromatic N) is 1. The average Bonchev–Trinajstić information content (AvgIpc) is 2.60. The maximum atomic E-state index is 7.04. The molecule has 0 heterocycles. The Morgan fingerprint density at radius 1 is 1.04 bits per heavy atom. The normalized spacial score (nSPS) is 14.1. The van der Waals surface area contributed by atoms with Gasteiger partial charge in [0.2, 0.25) is 4.05 Å². The van der Waals surface area contributed by atoms with Crippen LogP contribution >= 0.6 is 34.2 Å². The standard InChI is InChI=1S/C21H32ClIN/c1-4-7-12-16-24(21(23)6-3,17-13-8-5-2)20(22)18-19-14-10-9-11-15-19/h3,9-11,14-15,20-21H,4-5,7-8,12-13,16-18H2,1-2H3/q+1. The van der Waals surface area contributed by atoms with Gasteiger partial charge in [0.25, 0.3) is 0 Å². The Balaban J connectivity index is 2.98.